The van der Waals surface area contributed by atoms with E-state index in [1.807, 2.05) is 6.07 Å². The first-order valence-electron chi connectivity index (χ1n) is 6.41. The second kappa shape index (κ2) is 6.54. The van der Waals surface area contributed by atoms with Crippen molar-refractivity contribution >= 4 is 33.4 Å². The van der Waals surface area contributed by atoms with Crippen LogP contribution in [0.5, 0.6) is 0 Å². The van der Waals surface area contributed by atoms with Gasteiger partial charge < -0.3 is 10.6 Å². The largest absolute Gasteiger partial charge is 0.355 e. The van der Waals surface area contributed by atoms with Crippen LogP contribution in [-0.2, 0) is 0 Å². The van der Waals surface area contributed by atoms with Crippen molar-refractivity contribution in [3.63, 3.8) is 0 Å². The van der Waals surface area contributed by atoms with E-state index in [0.717, 1.165) is 10.0 Å². The molecule has 0 saturated carbocycles. The Balaban J connectivity index is 2.28. The molecule has 0 saturated heterocycles. The molecule has 108 valence electrons. The standard InChI is InChI=1S/C16H15BrN2O2/c1-10-13(16(21)18-2)7-4-8-14(10)19-15(20)11-5-3-6-12(17)9-11/h3-9H,1-2H3,(H,18,21)(H,19,20). The highest BCUT2D eigenvalue weighted by atomic mass is 79.9. The van der Waals surface area contributed by atoms with Crippen molar-refractivity contribution in [2.24, 2.45) is 0 Å². The van der Waals surface area contributed by atoms with Gasteiger partial charge in [-0.1, -0.05) is 28.1 Å². The minimum Gasteiger partial charge on any atom is -0.355 e. The maximum absolute atomic E-state index is 12.2. The summed E-state index contributed by atoms with van der Waals surface area (Å²) >= 11 is 3.34. The van der Waals surface area contributed by atoms with E-state index in [0.29, 0.717) is 16.8 Å². The number of rotatable bonds is 3. The predicted molar refractivity (Wildman–Crippen MR) is 86.7 cm³/mol. The van der Waals surface area contributed by atoms with Crippen molar-refractivity contribution < 1.29 is 9.59 Å². The molecule has 0 aliphatic rings. The van der Waals surface area contributed by atoms with E-state index in [-0.39, 0.29) is 11.8 Å². The second-order valence-electron chi connectivity index (χ2n) is 4.52. The molecule has 2 aromatic rings. The van der Waals surface area contributed by atoms with Gasteiger partial charge in [-0.25, -0.2) is 0 Å². The van der Waals surface area contributed by atoms with E-state index >= 15 is 0 Å². The van der Waals surface area contributed by atoms with Crippen LogP contribution >= 0.6 is 15.9 Å². The van der Waals surface area contributed by atoms with Crippen LogP contribution in [0.4, 0.5) is 5.69 Å². The first kappa shape index (κ1) is 15.3. The van der Waals surface area contributed by atoms with Crippen molar-refractivity contribution in [1.29, 1.82) is 0 Å². The predicted octanol–water partition coefficient (Wildman–Crippen LogP) is 3.37. The van der Waals surface area contributed by atoms with Crippen LogP contribution in [0.3, 0.4) is 0 Å². The van der Waals surface area contributed by atoms with Crippen LogP contribution in [0.15, 0.2) is 46.9 Å². The molecule has 0 fully saturated rings. The lowest BCUT2D eigenvalue weighted by molar-refractivity contribution is 0.0960. The summed E-state index contributed by atoms with van der Waals surface area (Å²) in [6.07, 6.45) is 0. The van der Waals surface area contributed by atoms with Crippen LogP contribution < -0.4 is 10.6 Å². The van der Waals surface area contributed by atoms with E-state index in [1.165, 1.54) is 0 Å². The lowest BCUT2D eigenvalue weighted by atomic mass is 10.1. The highest BCUT2D eigenvalue weighted by Gasteiger charge is 2.13. The third-order valence-electron chi connectivity index (χ3n) is 3.14. The Labute approximate surface area is 131 Å². The van der Waals surface area contributed by atoms with E-state index in [2.05, 4.69) is 26.6 Å². The molecule has 0 heterocycles. The maximum Gasteiger partial charge on any atom is 0.255 e. The Morgan fingerprint density at radius 1 is 1.05 bits per heavy atom. The highest BCUT2D eigenvalue weighted by Crippen LogP contribution is 2.20. The number of hydrogen-bond donors (Lipinski definition) is 2. The van der Waals surface area contributed by atoms with Gasteiger partial charge in [0, 0.05) is 28.3 Å². The van der Waals surface area contributed by atoms with Crippen molar-refractivity contribution in [1.82, 2.24) is 5.32 Å². The summed E-state index contributed by atoms with van der Waals surface area (Å²) in [7, 11) is 1.58. The molecule has 0 atom stereocenters. The number of carbonyl (C=O) groups is 2. The summed E-state index contributed by atoms with van der Waals surface area (Å²) in [4.78, 5) is 24.0. The topological polar surface area (TPSA) is 58.2 Å². The summed E-state index contributed by atoms with van der Waals surface area (Å²) in [6, 6.07) is 12.4. The average molecular weight is 347 g/mol. The zero-order valence-electron chi connectivity index (χ0n) is 11.7. The fourth-order valence-electron chi connectivity index (χ4n) is 1.98. The van der Waals surface area contributed by atoms with Gasteiger partial charge in [-0.3, -0.25) is 9.59 Å². The Morgan fingerprint density at radius 2 is 1.76 bits per heavy atom. The van der Waals surface area contributed by atoms with Crippen molar-refractivity contribution in [3.8, 4) is 0 Å². The number of amides is 2. The molecule has 4 nitrogen and oxygen atoms in total. The zero-order chi connectivity index (χ0) is 15.4. The van der Waals surface area contributed by atoms with Crippen LogP contribution in [-0.4, -0.2) is 18.9 Å². The number of carbonyl (C=O) groups excluding carboxylic acids is 2. The van der Waals surface area contributed by atoms with Gasteiger partial charge in [-0.05, 0) is 42.8 Å². The second-order valence-corrected chi connectivity index (χ2v) is 5.44. The molecule has 2 aromatic carbocycles. The fraction of sp³-hybridized carbons (Fsp3) is 0.125. The molecule has 0 radical (unpaired) electrons. The Morgan fingerprint density at radius 3 is 2.43 bits per heavy atom. The highest BCUT2D eigenvalue weighted by molar-refractivity contribution is 9.10. The molecule has 5 heteroatoms. The van der Waals surface area contributed by atoms with Crippen molar-refractivity contribution in [2.45, 2.75) is 6.92 Å². The van der Waals surface area contributed by atoms with Gasteiger partial charge in [0.2, 0.25) is 0 Å². The first-order chi connectivity index (χ1) is 10.0. The van der Waals surface area contributed by atoms with E-state index in [4.69, 9.17) is 0 Å². The number of halogens is 1. The van der Waals surface area contributed by atoms with E-state index < -0.39 is 0 Å². The van der Waals surface area contributed by atoms with E-state index in [1.54, 1.807) is 50.4 Å². The lowest BCUT2D eigenvalue weighted by Gasteiger charge is -2.12. The summed E-state index contributed by atoms with van der Waals surface area (Å²) in [5.74, 6) is -0.389. The molecule has 0 aromatic heterocycles. The zero-order valence-corrected chi connectivity index (χ0v) is 13.3. The van der Waals surface area contributed by atoms with Gasteiger partial charge in [-0.2, -0.15) is 0 Å². The number of nitrogens with one attached hydrogen (secondary N) is 2. The quantitative estimate of drug-likeness (QED) is 0.894. The third-order valence-corrected chi connectivity index (χ3v) is 3.63. The molecule has 2 rings (SSSR count). The summed E-state index contributed by atoms with van der Waals surface area (Å²) < 4.78 is 0.839. The lowest BCUT2D eigenvalue weighted by Crippen LogP contribution is -2.20. The Kier molecular flexibility index (Phi) is 4.75. The molecular weight excluding hydrogens is 332 g/mol. The van der Waals surface area contributed by atoms with Crippen LogP contribution in [0.25, 0.3) is 0 Å². The average Bonchev–Trinajstić information content (AvgIpc) is 2.48. The van der Waals surface area contributed by atoms with Gasteiger partial charge in [0.1, 0.15) is 0 Å². The number of hydrogen-bond acceptors (Lipinski definition) is 2. The van der Waals surface area contributed by atoms with Crippen LogP contribution in [0.2, 0.25) is 0 Å². The minimum atomic E-state index is -0.214. The fourth-order valence-corrected chi connectivity index (χ4v) is 2.38. The van der Waals surface area contributed by atoms with Gasteiger partial charge in [0.25, 0.3) is 11.8 Å². The molecule has 21 heavy (non-hydrogen) atoms. The van der Waals surface area contributed by atoms with Gasteiger partial charge in [0.15, 0.2) is 0 Å². The SMILES string of the molecule is CNC(=O)c1cccc(NC(=O)c2cccc(Br)c2)c1C. The van der Waals surface area contributed by atoms with Crippen molar-refractivity contribution in [2.75, 3.05) is 12.4 Å². The molecule has 0 aliphatic heterocycles. The van der Waals surface area contributed by atoms with Crippen molar-refractivity contribution in [3.05, 3.63) is 63.6 Å². The molecule has 2 amide bonds. The van der Waals surface area contributed by atoms with Gasteiger partial charge in [0.05, 0.1) is 0 Å². The maximum atomic E-state index is 12.2. The number of benzene rings is 2. The minimum absolute atomic E-state index is 0.175. The molecule has 2 N–H and O–H groups in total. The Hall–Kier alpha value is -2.14. The Bertz CT molecular complexity index is 698. The molecule has 0 spiro atoms. The number of anilines is 1. The van der Waals surface area contributed by atoms with Gasteiger partial charge in [-0.15, -0.1) is 0 Å². The monoisotopic (exact) mass is 346 g/mol. The summed E-state index contributed by atoms with van der Waals surface area (Å²) in [5.41, 5.74) is 2.46. The van der Waals surface area contributed by atoms with E-state index in [9.17, 15) is 9.59 Å². The molecule has 0 unspecified atom stereocenters. The van der Waals surface area contributed by atoms with Crippen LogP contribution in [0, 0.1) is 6.92 Å². The third kappa shape index (κ3) is 3.49. The smallest absolute Gasteiger partial charge is 0.255 e. The molecule has 0 bridgehead atoms. The van der Waals surface area contributed by atoms with Gasteiger partial charge >= 0.3 is 0 Å². The normalized spacial score (nSPS) is 10.0. The molecular formula is C16H15BrN2O2. The first-order valence-corrected chi connectivity index (χ1v) is 7.21. The van der Waals surface area contributed by atoms with Crippen LogP contribution in [0.1, 0.15) is 26.3 Å². The summed E-state index contributed by atoms with van der Waals surface area (Å²) in [5, 5.41) is 5.42. The molecule has 0 aliphatic carbocycles. The summed E-state index contributed by atoms with van der Waals surface area (Å²) in [6.45, 7) is 1.81.